The van der Waals surface area contributed by atoms with Crippen molar-refractivity contribution in [2.24, 2.45) is 5.73 Å². The van der Waals surface area contributed by atoms with Crippen molar-refractivity contribution < 1.29 is 9.90 Å². The third-order valence-corrected chi connectivity index (χ3v) is 3.65. The first kappa shape index (κ1) is 11.3. The van der Waals surface area contributed by atoms with Crippen molar-refractivity contribution >= 4 is 16.8 Å². The van der Waals surface area contributed by atoms with Crippen LogP contribution in [0.1, 0.15) is 30.2 Å². The number of benzene rings is 1. The molecule has 1 atom stereocenters. The summed E-state index contributed by atoms with van der Waals surface area (Å²) in [6.45, 7) is 0.132. The smallest absolute Gasteiger partial charge is 0.237 e. The van der Waals surface area contributed by atoms with E-state index in [9.17, 15) is 9.90 Å². The largest absolute Gasteiger partial charge is 0.387 e. The molecule has 1 aliphatic rings. The summed E-state index contributed by atoms with van der Waals surface area (Å²) in [5.74, 6) is -0.378. The number of para-hydroxylation sites is 1. The van der Waals surface area contributed by atoms with Crippen LogP contribution < -0.4 is 5.73 Å². The number of fused-ring (bicyclic) bond motifs is 3. The highest BCUT2D eigenvalue weighted by Crippen LogP contribution is 2.37. The standard InChI is InChI=1S/C14H16N2O2/c15-13(18)8-16-11-6-2-1-4-9(11)10-5-3-7-12(17)14(10)16/h1-2,4,6,12,17H,3,5,7-8H2,(H2,15,18). The molecule has 1 heterocycles. The zero-order valence-corrected chi connectivity index (χ0v) is 10.1. The monoisotopic (exact) mass is 244 g/mol. The second-order valence-corrected chi connectivity index (χ2v) is 4.84. The topological polar surface area (TPSA) is 68.2 Å². The van der Waals surface area contributed by atoms with E-state index in [0.717, 1.165) is 35.9 Å². The first-order valence-corrected chi connectivity index (χ1v) is 6.25. The van der Waals surface area contributed by atoms with Gasteiger partial charge in [0.2, 0.25) is 5.91 Å². The van der Waals surface area contributed by atoms with Gasteiger partial charge in [0.25, 0.3) is 0 Å². The van der Waals surface area contributed by atoms with E-state index in [1.807, 2.05) is 28.8 Å². The van der Waals surface area contributed by atoms with Gasteiger partial charge in [0.15, 0.2) is 0 Å². The van der Waals surface area contributed by atoms with Gasteiger partial charge in [-0.05, 0) is 30.9 Å². The molecule has 1 aromatic carbocycles. The van der Waals surface area contributed by atoms with E-state index in [-0.39, 0.29) is 12.5 Å². The Morgan fingerprint density at radius 1 is 1.44 bits per heavy atom. The summed E-state index contributed by atoms with van der Waals surface area (Å²) in [6.07, 6.45) is 2.21. The van der Waals surface area contributed by atoms with E-state index >= 15 is 0 Å². The average Bonchev–Trinajstić information content (AvgIpc) is 2.66. The van der Waals surface area contributed by atoms with Gasteiger partial charge < -0.3 is 15.4 Å². The number of carbonyl (C=O) groups excluding carboxylic acids is 1. The molecule has 0 radical (unpaired) electrons. The fraction of sp³-hybridized carbons (Fsp3) is 0.357. The number of aryl methyl sites for hydroxylation is 1. The first-order chi connectivity index (χ1) is 8.68. The van der Waals surface area contributed by atoms with E-state index < -0.39 is 6.10 Å². The van der Waals surface area contributed by atoms with E-state index in [1.165, 1.54) is 5.56 Å². The van der Waals surface area contributed by atoms with Gasteiger partial charge in [-0.25, -0.2) is 0 Å². The lowest BCUT2D eigenvalue weighted by Gasteiger charge is -2.20. The third kappa shape index (κ3) is 1.61. The van der Waals surface area contributed by atoms with Gasteiger partial charge >= 0.3 is 0 Å². The number of aliphatic hydroxyl groups is 1. The zero-order valence-electron chi connectivity index (χ0n) is 10.1. The van der Waals surface area contributed by atoms with Crippen LogP contribution in [0.15, 0.2) is 24.3 Å². The van der Waals surface area contributed by atoms with Crippen LogP contribution in [0, 0.1) is 0 Å². The summed E-state index contributed by atoms with van der Waals surface area (Å²) in [7, 11) is 0. The van der Waals surface area contributed by atoms with E-state index in [0.29, 0.717) is 0 Å². The minimum atomic E-state index is -0.486. The Morgan fingerprint density at radius 2 is 2.22 bits per heavy atom. The molecular weight excluding hydrogens is 228 g/mol. The van der Waals surface area contributed by atoms with Crippen LogP contribution in [0.5, 0.6) is 0 Å². The van der Waals surface area contributed by atoms with Crippen molar-refractivity contribution in [2.45, 2.75) is 31.9 Å². The Morgan fingerprint density at radius 3 is 3.00 bits per heavy atom. The second kappa shape index (κ2) is 4.14. The number of aliphatic hydroxyl groups excluding tert-OH is 1. The lowest BCUT2D eigenvalue weighted by atomic mass is 9.93. The van der Waals surface area contributed by atoms with Gasteiger partial charge in [-0.2, -0.15) is 0 Å². The number of hydrogen-bond donors (Lipinski definition) is 2. The molecule has 2 aromatic rings. The molecule has 3 N–H and O–H groups in total. The average molecular weight is 244 g/mol. The van der Waals surface area contributed by atoms with Gasteiger partial charge in [0, 0.05) is 10.9 Å². The molecule has 1 aromatic heterocycles. The quantitative estimate of drug-likeness (QED) is 0.840. The SMILES string of the molecule is NC(=O)Cn1c2c(c3ccccc31)CCCC2O. The normalized spacial score (nSPS) is 18.8. The van der Waals surface area contributed by atoms with Crippen molar-refractivity contribution in [3.63, 3.8) is 0 Å². The van der Waals surface area contributed by atoms with E-state index in [1.54, 1.807) is 0 Å². The number of carbonyl (C=O) groups is 1. The fourth-order valence-electron chi connectivity index (χ4n) is 2.97. The lowest BCUT2D eigenvalue weighted by Crippen LogP contribution is -2.22. The molecule has 0 saturated carbocycles. The molecule has 0 saturated heterocycles. The van der Waals surface area contributed by atoms with Crippen LogP contribution in [-0.4, -0.2) is 15.6 Å². The Labute approximate surface area is 105 Å². The van der Waals surface area contributed by atoms with Gasteiger partial charge in [0.05, 0.1) is 11.8 Å². The minimum Gasteiger partial charge on any atom is -0.387 e. The number of aromatic nitrogens is 1. The van der Waals surface area contributed by atoms with Crippen LogP contribution in [0.2, 0.25) is 0 Å². The van der Waals surface area contributed by atoms with Crippen molar-refractivity contribution in [3.05, 3.63) is 35.5 Å². The number of amides is 1. The van der Waals surface area contributed by atoms with Gasteiger partial charge in [-0.3, -0.25) is 4.79 Å². The lowest BCUT2D eigenvalue weighted by molar-refractivity contribution is -0.118. The molecule has 94 valence electrons. The first-order valence-electron chi connectivity index (χ1n) is 6.25. The highest BCUT2D eigenvalue weighted by Gasteiger charge is 2.26. The zero-order chi connectivity index (χ0) is 12.7. The molecule has 0 aliphatic heterocycles. The predicted molar refractivity (Wildman–Crippen MR) is 69.0 cm³/mol. The Balaban J connectivity index is 2.30. The summed E-state index contributed by atoms with van der Waals surface area (Å²) in [4.78, 5) is 11.2. The molecule has 1 aliphatic carbocycles. The molecule has 1 unspecified atom stereocenters. The molecule has 18 heavy (non-hydrogen) atoms. The molecular formula is C14H16N2O2. The Bertz CT molecular complexity index is 616. The Hall–Kier alpha value is -1.81. The minimum absolute atomic E-state index is 0.132. The maximum atomic E-state index is 11.2. The van der Waals surface area contributed by atoms with Gasteiger partial charge in [-0.1, -0.05) is 18.2 Å². The van der Waals surface area contributed by atoms with Crippen LogP contribution in [0.3, 0.4) is 0 Å². The van der Waals surface area contributed by atoms with Crippen molar-refractivity contribution in [3.8, 4) is 0 Å². The van der Waals surface area contributed by atoms with Crippen LogP contribution in [0.25, 0.3) is 10.9 Å². The summed E-state index contributed by atoms with van der Waals surface area (Å²) in [6, 6.07) is 7.95. The molecule has 0 bridgehead atoms. The summed E-state index contributed by atoms with van der Waals surface area (Å²) in [5, 5.41) is 11.3. The van der Waals surface area contributed by atoms with Gasteiger partial charge in [-0.15, -0.1) is 0 Å². The van der Waals surface area contributed by atoms with Crippen molar-refractivity contribution in [1.29, 1.82) is 0 Å². The molecule has 0 fully saturated rings. The van der Waals surface area contributed by atoms with Crippen LogP contribution in [-0.2, 0) is 17.8 Å². The molecule has 0 spiro atoms. The van der Waals surface area contributed by atoms with E-state index in [2.05, 4.69) is 0 Å². The second-order valence-electron chi connectivity index (χ2n) is 4.84. The van der Waals surface area contributed by atoms with Gasteiger partial charge in [0.1, 0.15) is 6.54 Å². The number of hydrogen-bond acceptors (Lipinski definition) is 2. The molecule has 3 rings (SSSR count). The van der Waals surface area contributed by atoms with E-state index in [4.69, 9.17) is 5.73 Å². The van der Waals surface area contributed by atoms with Crippen molar-refractivity contribution in [1.82, 2.24) is 4.57 Å². The summed E-state index contributed by atoms with van der Waals surface area (Å²) in [5.41, 5.74) is 8.35. The molecule has 1 amide bonds. The highest BCUT2D eigenvalue weighted by molar-refractivity contribution is 5.87. The number of nitrogens with zero attached hydrogens (tertiary/aromatic N) is 1. The maximum Gasteiger partial charge on any atom is 0.237 e. The highest BCUT2D eigenvalue weighted by atomic mass is 16.3. The van der Waals surface area contributed by atoms with Crippen LogP contribution in [0.4, 0.5) is 0 Å². The summed E-state index contributed by atoms with van der Waals surface area (Å²) >= 11 is 0. The molecule has 4 nitrogen and oxygen atoms in total. The number of nitrogens with two attached hydrogens (primary N) is 1. The molecule has 4 heteroatoms. The number of rotatable bonds is 2. The maximum absolute atomic E-state index is 11.2. The number of primary amides is 1. The summed E-state index contributed by atoms with van der Waals surface area (Å²) < 4.78 is 1.87. The van der Waals surface area contributed by atoms with Crippen LogP contribution >= 0.6 is 0 Å². The Kier molecular flexibility index (Phi) is 2.59. The predicted octanol–water partition coefficient (Wildman–Crippen LogP) is 1.50. The van der Waals surface area contributed by atoms with Crippen molar-refractivity contribution in [2.75, 3.05) is 0 Å². The third-order valence-electron chi connectivity index (χ3n) is 3.65. The fourth-order valence-corrected chi connectivity index (χ4v) is 2.97.